The molecule has 0 aromatic heterocycles. The number of nitrogens with zero attached hydrogens (tertiary/aromatic N) is 2. The lowest BCUT2D eigenvalue weighted by Gasteiger charge is -2.37. The Morgan fingerprint density at radius 3 is 2.33 bits per heavy atom. The van der Waals surface area contributed by atoms with E-state index in [0.29, 0.717) is 0 Å². The Hall–Kier alpha value is -0.720. The van der Waals surface area contributed by atoms with Crippen LogP contribution in [0.1, 0.15) is 6.42 Å². The molecule has 1 aromatic carbocycles. The van der Waals surface area contributed by atoms with Gasteiger partial charge in [-0.2, -0.15) is 0 Å². The Labute approximate surface area is 160 Å². The van der Waals surface area contributed by atoms with Crippen LogP contribution in [0.4, 0.5) is 5.69 Å². The van der Waals surface area contributed by atoms with E-state index in [2.05, 4.69) is 10.2 Å². The molecule has 136 valence electrons. The Morgan fingerprint density at radius 1 is 1.17 bits per heavy atom. The quantitative estimate of drug-likeness (QED) is 0.851. The lowest BCUT2D eigenvalue weighted by Crippen LogP contribution is -2.53. The third kappa shape index (κ3) is 4.90. The normalized spacial score (nSPS) is 23.4. The van der Waals surface area contributed by atoms with E-state index in [1.54, 1.807) is 7.11 Å². The molecule has 2 atom stereocenters. The summed E-state index contributed by atoms with van der Waals surface area (Å²) in [6, 6.07) is 7.78. The van der Waals surface area contributed by atoms with Crippen LogP contribution < -0.4 is 10.2 Å². The van der Waals surface area contributed by atoms with Crippen molar-refractivity contribution in [3.8, 4) is 0 Å². The second-order valence-electron chi connectivity index (χ2n) is 5.84. The molecule has 8 heteroatoms. The van der Waals surface area contributed by atoms with E-state index >= 15 is 0 Å². The predicted molar refractivity (Wildman–Crippen MR) is 102 cm³/mol. The molecule has 0 aliphatic carbocycles. The molecule has 0 unspecified atom stereocenters. The first kappa shape index (κ1) is 21.3. The number of piperazine rings is 1. The van der Waals surface area contributed by atoms with Gasteiger partial charge in [-0.1, -0.05) is 11.6 Å². The Balaban J connectivity index is 0.00000144. The minimum atomic E-state index is -0.0907. The number of rotatable bonds is 3. The highest BCUT2D eigenvalue weighted by Crippen LogP contribution is 2.20. The highest BCUT2D eigenvalue weighted by Gasteiger charge is 2.33. The highest BCUT2D eigenvalue weighted by atomic mass is 35.5. The number of anilines is 1. The van der Waals surface area contributed by atoms with Gasteiger partial charge in [0.1, 0.15) is 0 Å². The number of hydrogen-bond acceptors (Lipinski definition) is 4. The topological polar surface area (TPSA) is 44.8 Å². The van der Waals surface area contributed by atoms with Crippen molar-refractivity contribution in [2.45, 2.75) is 18.6 Å². The lowest BCUT2D eigenvalue weighted by molar-refractivity contribution is -0.133. The van der Waals surface area contributed by atoms with Gasteiger partial charge in [-0.25, -0.2) is 0 Å². The molecule has 1 aromatic rings. The van der Waals surface area contributed by atoms with E-state index in [4.69, 9.17) is 16.3 Å². The van der Waals surface area contributed by atoms with Gasteiger partial charge >= 0.3 is 0 Å². The highest BCUT2D eigenvalue weighted by molar-refractivity contribution is 6.30. The van der Waals surface area contributed by atoms with Crippen LogP contribution in [0.3, 0.4) is 0 Å². The second kappa shape index (κ2) is 9.68. The minimum absolute atomic E-state index is 0. The maximum absolute atomic E-state index is 12.5. The molecule has 1 N–H and O–H groups in total. The van der Waals surface area contributed by atoms with Crippen molar-refractivity contribution >= 4 is 48.0 Å². The van der Waals surface area contributed by atoms with Gasteiger partial charge in [0.25, 0.3) is 0 Å². The van der Waals surface area contributed by atoms with Crippen molar-refractivity contribution in [3.05, 3.63) is 29.3 Å². The molecule has 0 radical (unpaired) electrons. The summed E-state index contributed by atoms with van der Waals surface area (Å²) in [6.07, 6.45) is 0.927. The van der Waals surface area contributed by atoms with Crippen molar-refractivity contribution in [1.29, 1.82) is 0 Å². The molecule has 3 rings (SSSR count). The summed E-state index contributed by atoms with van der Waals surface area (Å²) in [6.45, 7) is 3.99. The molecule has 0 spiro atoms. The maximum atomic E-state index is 12.5. The average molecular weight is 397 g/mol. The number of hydrogen-bond donors (Lipinski definition) is 1. The van der Waals surface area contributed by atoms with Crippen molar-refractivity contribution in [1.82, 2.24) is 10.2 Å². The van der Waals surface area contributed by atoms with E-state index < -0.39 is 0 Å². The first-order valence-corrected chi connectivity index (χ1v) is 8.10. The lowest BCUT2D eigenvalue weighted by atomic mass is 10.1. The molecule has 2 aliphatic rings. The standard InChI is InChI=1S/C16H22ClN3O2.2ClH/c1-22-14-10-15(18-11-14)16(21)20-8-6-19(7-9-20)13-4-2-12(17)3-5-13;;/h2-5,14-15,18H,6-11H2,1H3;2*1H/t14-,15-;;/m0../s1. The molecule has 5 nitrogen and oxygen atoms in total. The minimum Gasteiger partial charge on any atom is -0.380 e. The molecule has 0 saturated carbocycles. The fraction of sp³-hybridized carbons (Fsp3) is 0.562. The number of halogens is 3. The zero-order valence-corrected chi connectivity index (χ0v) is 16.0. The third-order valence-electron chi connectivity index (χ3n) is 4.51. The zero-order valence-electron chi connectivity index (χ0n) is 13.6. The molecular weight excluding hydrogens is 373 g/mol. The van der Waals surface area contributed by atoms with Crippen LogP contribution in [0, 0.1) is 0 Å². The summed E-state index contributed by atoms with van der Waals surface area (Å²) in [7, 11) is 1.70. The molecule has 2 fully saturated rings. The van der Waals surface area contributed by atoms with Gasteiger partial charge in [0.05, 0.1) is 12.1 Å². The van der Waals surface area contributed by atoms with Crippen LogP contribution in [0.2, 0.25) is 5.02 Å². The predicted octanol–water partition coefficient (Wildman–Crippen LogP) is 2.21. The number of nitrogens with one attached hydrogen (secondary N) is 1. The van der Waals surface area contributed by atoms with Crippen molar-refractivity contribution < 1.29 is 9.53 Å². The number of carbonyl (C=O) groups is 1. The molecule has 24 heavy (non-hydrogen) atoms. The summed E-state index contributed by atoms with van der Waals surface area (Å²) in [5, 5.41) is 4.01. The molecule has 2 aliphatic heterocycles. The number of carbonyl (C=O) groups excluding carboxylic acids is 1. The number of amides is 1. The number of benzene rings is 1. The summed E-state index contributed by atoms with van der Waals surface area (Å²) < 4.78 is 5.31. The molecule has 1 amide bonds. The van der Waals surface area contributed by atoms with Crippen LogP contribution in [-0.4, -0.2) is 62.8 Å². The number of ether oxygens (including phenoxy) is 1. The van der Waals surface area contributed by atoms with E-state index in [-0.39, 0.29) is 42.9 Å². The fourth-order valence-corrected chi connectivity index (χ4v) is 3.25. The first-order valence-electron chi connectivity index (χ1n) is 7.73. The Morgan fingerprint density at radius 2 is 1.79 bits per heavy atom. The molecule has 2 heterocycles. The molecule has 2 saturated heterocycles. The summed E-state index contributed by atoms with van der Waals surface area (Å²) in [5.74, 6) is 0.204. The fourth-order valence-electron chi connectivity index (χ4n) is 3.13. The molecular formula is C16H24Cl3N3O2. The van der Waals surface area contributed by atoms with Crippen molar-refractivity contribution in [2.24, 2.45) is 0 Å². The second-order valence-corrected chi connectivity index (χ2v) is 6.28. The van der Waals surface area contributed by atoms with Crippen molar-refractivity contribution in [2.75, 3.05) is 44.7 Å². The van der Waals surface area contributed by atoms with Crippen LogP contribution in [0.15, 0.2) is 24.3 Å². The van der Waals surface area contributed by atoms with Gasteiger partial charge in [-0.3, -0.25) is 4.79 Å². The summed E-state index contributed by atoms with van der Waals surface area (Å²) in [4.78, 5) is 16.8. The smallest absolute Gasteiger partial charge is 0.239 e. The van der Waals surface area contributed by atoms with Crippen LogP contribution in [0.5, 0.6) is 0 Å². The van der Waals surface area contributed by atoms with E-state index in [1.165, 1.54) is 0 Å². The van der Waals surface area contributed by atoms with Crippen molar-refractivity contribution in [3.63, 3.8) is 0 Å². The number of methoxy groups -OCH3 is 1. The van der Waals surface area contributed by atoms with Gasteiger partial charge in [0.2, 0.25) is 5.91 Å². The van der Waals surface area contributed by atoms with Gasteiger partial charge in [-0.15, -0.1) is 24.8 Å². The Bertz CT molecular complexity index is 522. The van der Waals surface area contributed by atoms with Crippen LogP contribution in [0.25, 0.3) is 0 Å². The largest absolute Gasteiger partial charge is 0.380 e. The van der Waals surface area contributed by atoms with Gasteiger partial charge in [0, 0.05) is 50.5 Å². The SMILES string of the molecule is CO[C@@H]1CN[C@H](C(=O)N2CCN(c3ccc(Cl)cc3)CC2)C1.Cl.Cl. The van der Waals surface area contributed by atoms with Crippen LogP contribution in [-0.2, 0) is 9.53 Å². The zero-order chi connectivity index (χ0) is 15.5. The van der Waals surface area contributed by atoms with E-state index in [1.807, 2.05) is 29.2 Å². The van der Waals surface area contributed by atoms with Crippen LogP contribution >= 0.6 is 36.4 Å². The molecule has 0 bridgehead atoms. The summed E-state index contributed by atoms with van der Waals surface area (Å²) >= 11 is 5.92. The van der Waals surface area contributed by atoms with Gasteiger partial charge in [0.15, 0.2) is 0 Å². The maximum Gasteiger partial charge on any atom is 0.239 e. The summed E-state index contributed by atoms with van der Waals surface area (Å²) in [5.41, 5.74) is 1.16. The average Bonchev–Trinajstić information content (AvgIpc) is 3.04. The monoisotopic (exact) mass is 395 g/mol. The van der Waals surface area contributed by atoms with Gasteiger partial charge < -0.3 is 19.9 Å². The third-order valence-corrected chi connectivity index (χ3v) is 4.76. The van der Waals surface area contributed by atoms with E-state index in [9.17, 15) is 4.79 Å². The Kier molecular flexibility index (Phi) is 8.60. The van der Waals surface area contributed by atoms with Gasteiger partial charge in [-0.05, 0) is 30.7 Å². The first-order chi connectivity index (χ1) is 10.7. The van der Waals surface area contributed by atoms with E-state index in [0.717, 1.165) is 49.9 Å².